The van der Waals surface area contributed by atoms with E-state index in [1.165, 1.54) is 103 Å². The molecule has 0 aromatic rings. The molecule has 434 valence electrons. The second kappa shape index (κ2) is 45.4. The molecule has 4 N–H and O–H groups in total. The summed E-state index contributed by atoms with van der Waals surface area (Å²) < 4.78 is 68.9. The van der Waals surface area contributed by atoms with E-state index in [0.29, 0.717) is 52.1 Å². The summed E-state index contributed by atoms with van der Waals surface area (Å²) in [6.07, 6.45) is 23.8. The van der Waals surface area contributed by atoms with Crippen LogP contribution >= 0.6 is 0 Å². The van der Waals surface area contributed by atoms with Crippen molar-refractivity contribution in [3.05, 3.63) is 0 Å². The van der Waals surface area contributed by atoms with Crippen LogP contribution in [0.1, 0.15) is 142 Å². The van der Waals surface area contributed by atoms with Crippen LogP contribution in [0.15, 0.2) is 0 Å². The molecule has 4 unspecified atom stereocenters. The second-order valence-electron chi connectivity index (χ2n) is 22.6. The Morgan fingerprint density at radius 3 is 1.04 bits per heavy atom. The maximum absolute atomic E-state index is 9.73. The molecule has 0 fully saturated rings. The fraction of sp³-hybridized carbons (Fsp3) is 1.00. The summed E-state index contributed by atoms with van der Waals surface area (Å²) in [7, 11) is -12.2. The zero-order valence-corrected chi connectivity index (χ0v) is 53.4. The first-order valence-electron chi connectivity index (χ1n) is 28.6. The van der Waals surface area contributed by atoms with Crippen LogP contribution in [0, 0.1) is 0 Å². The second-order valence-corrected chi connectivity index (χ2v) is 42.6. The number of ether oxygens (including phenoxy) is 7. The van der Waals surface area contributed by atoms with Crippen LogP contribution in [0.5, 0.6) is 0 Å². The van der Waals surface area contributed by atoms with Crippen LogP contribution in [-0.4, -0.2) is 180 Å². The summed E-state index contributed by atoms with van der Waals surface area (Å²) in [5.74, 6) is 0. The van der Waals surface area contributed by atoms with Crippen molar-refractivity contribution in [2.24, 2.45) is 0 Å². The number of rotatable bonds is 56. The van der Waals surface area contributed by atoms with Crippen molar-refractivity contribution >= 4 is 42.3 Å². The number of hydrogen-bond acceptors (Lipinski definition) is 15. The molecule has 0 rings (SSSR count). The summed E-state index contributed by atoms with van der Waals surface area (Å²) in [6, 6.07) is 1.42. The van der Waals surface area contributed by atoms with Gasteiger partial charge in [0, 0.05) is 59.5 Å². The third-order valence-corrected chi connectivity index (χ3v) is 29.8. The van der Waals surface area contributed by atoms with E-state index >= 15 is 0 Å². The van der Waals surface area contributed by atoms with Crippen molar-refractivity contribution < 1.29 is 70.0 Å². The molecule has 0 amide bonds. The van der Waals surface area contributed by atoms with Gasteiger partial charge in [-0.1, -0.05) is 103 Å². The van der Waals surface area contributed by atoms with E-state index in [0.717, 1.165) is 51.5 Å². The van der Waals surface area contributed by atoms with Gasteiger partial charge in [-0.05, 0) is 116 Å². The quantitative estimate of drug-likeness (QED) is 0.0333. The smallest absolute Gasteiger partial charge is 0.317 e. The van der Waals surface area contributed by atoms with E-state index in [1.54, 1.807) is 0 Å². The zero-order valence-electron chi connectivity index (χ0n) is 48.4. The summed E-state index contributed by atoms with van der Waals surface area (Å²) in [4.78, 5) is 0. The van der Waals surface area contributed by atoms with Gasteiger partial charge in [0.05, 0.1) is 39.6 Å². The molecule has 15 nitrogen and oxygen atoms in total. The van der Waals surface area contributed by atoms with E-state index in [-0.39, 0.29) is 26.4 Å². The molecule has 72 heavy (non-hydrogen) atoms. The Morgan fingerprint density at radius 2 is 0.667 bits per heavy atom. The Kier molecular flexibility index (Phi) is 45.7. The maximum Gasteiger partial charge on any atom is 0.317 e. The third kappa shape index (κ3) is 48.8. The van der Waals surface area contributed by atoms with E-state index in [1.807, 2.05) is 0 Å². The normalized spacial score (nSPS) is 15.7. The lowest BCUT2D eigenvalue weighted by atomic mass is 10.0. The molecule has 0 radical (unpaired) electrons. The van der Waals surface area contributed by atoms with Gasteiger partial charge in [0.15, 0.2) is 16.6 Å². The van der Waals surface area contributed by atoms with Crippen molar-refractivity contribution in [1.82, 2.24) is 0 Å². The van der Waals surface area contributed by atoms with E-state index in [4.69, 9.17) is 49.6 Å². The number of hydrogen-bond donors (Lipinski definition) is 4. The average molecular weight is 1120 g/mol. The summed E-state index contributed by atoms with van der Waals surface area (Å²) >= 11 is 0. The van der Waals surface area contributed by atoms with Crippen molar-refractivity contribution in [2.75, 3.05) is 99.1 Å². The van der Waals surface area contributed by atoms with Crippen LogP contribution in [-0.2, 0) is 49.6 Å². The largest absolute Gasteiger partial charge is 0.437 e. The first-order chi connectivity index (χ1) is 34.2. The van der Waals surface area contributed by atoms with Gasteiger partial charge in [-0.25, -0.2) is 0 Å². The first-order valence-corrected chi connectivity index (χ1v) is 43.3. The molecule has 0 saturated heterocycles. The minimum Gasteiger partial charge on any atom is -0.437 e. The third-order valence-electron chi connectivity index (χ3n) is 11.5. The first kappa shape index (κ1) is 72.5. The molecule has 20 heteroatoms. The van der Waals surface area contributed by atoms with Crippen molar-refractivity contribution in [3.63, 3.8) is 0 Å². The molecule has 0 aliphatic rings. The summed E-state index contributed by atoms with van der Waals surface area (Å²) in [6.45, 7) is 29.3. The Balaban J connectivity index is 4.57. The van der Waals surface area contributed by atoms with Crippen molar-refractivity contribution in [2.45, 2.75) is 238 Å². The summed E-state index contributed by atoms with van der Waals surface area (Å²) in [5.41, 5.74) is 0. The highest BCUT2D eigenvalue weighted by Crippen LogP contribution is 2.32. The van der Waals surface area contributed by atoms with Gasteiger partial charge in [0.25, 0.3) is 0 Å². The van der Waals surface area contributed by atoms with Gasteiger partial charge in [-0.15, -0.1) is 0 Å². The topological polar surface area (TPSA) is 182 Å². The molecule has 0 bridgehead atoms. The Morgan fingerprint density at radius 1 is 0.333 bits per heavy atom. The van der Waals surface area contributed by atoms with Crippen LogP contribution < -0.4 is 0 Å². The molecule has 0 saturated carbocycles. The Hall–Kier alpha value is 0.484. The van der Waals surface area contributed by atoms with Gasteiger partial charge in [-0.3, -0.25) is 0 Å². The molecule has 0 aliphatic carbocycles. The predicted molar refractivity (Wildman–Crippen MR) is 305 cm³/mol. The lowest BCUT2D eigenvalue weighted by Gasteiger charge is -2.44. The minimum atomic E-state index is -2.87. The van der Waals surface area contributed by atoms with Gasteiger partial charge in [0.2, 0.25) is 0 Å². The number of aliphatic hydroxyl groups excluding tert-OH is 4. The van der Waals surface area contributed by atoms with Crippen LogP contribution in [0.2, 0.25) is 77.6 Å². The van der Waals surface area contributed by atoms with Gasteiger partial charge >= 0.3 is 25.7 Å². The maximum atomic E-state index is 9.73. The Bertz CT molecular complexity index is 1180. The van der Waals surface area contributed by atoms with Gasteiger partial charge in [-0.2, -0.15) is 0 Å². The highest BCUT2D eigenvalue weighted by molar-refractivity contribution is 6.90. The monoisotopic (exact) mass is 1120 g/mol. The molecular formula is C52H116O15Si5. The minimum absolute atomic E-state index is 0.0462. The lowest BCUT2D eigenvalue weighted by Crippen LogP contribution is -2.60. The zero-order chi connectivity index (χ0) is 53.9. The molecule has 0 spiro atoms. The highest BCUT2D eigenvalue weighted by Gasteiger charge is 2.48. The van der Waals surface area contributed by atoms with Crippen molar-refractivity contribution in [1.29, 1.82) is 0 Å². The number of aliphatic hydroxyl groups is 4. The van der Waals surface area contributed by atoms with Crippen LogP contribution in [0.25, 0.3) is 0 Å². The van der Waals surface area contributed by atoms with E-state index in [9.17, 15) is 20.4 Å². The predicted octanol–water partition coefficient (Wildman–Crippen LogP) is 11.0. The molecule has 4 atom stereocenters. The number of unbranched alkanes of at least 4 members (excludes halogenated alkanes) is 15. The molecule has 0 heterocycles. The molecular weight excluding hydrogens is 1000 g/mol. The van der Waals surface area contributed by atoms with Crippen molar-refractivity contribution in [3.8, 4) is 0 Å². The van der Waals surface area contributed by atoms with E-state index in [2.05, 4.69) is 72.4 Å². The van der Waals surface area contributed by atoms with Crippen LogP contribution in [0.3, 0.4) is 0 Å². The molecule has 0 aromatic carbocycles. The SMILES string of the molecule is CCCCCCCCCCCCCCCCCCOCCCOCCCOCCCOCCC[Si](C)(O[Si](C)(C)O[Si](C)(C)C)O[Si](C)(CCCOC(COCC(O)CO)COCC(O)CO)O[Si](C)(C)C. The average Bonchev–Trinajstić information content (AvgIpc) is 3.28. The fourth-order valence-electron chi connectivity index (χ4n) is 8.64. The Labute approximate surface area is 447 Å². The van der Waals surface area contributed by atoms with Gasteiger partial charge < -0.3 is 70.0 Å². The summed E-state index contributed by atoms with van der Waals surface area (Å²) in [5, 5.41) is 37.8. The van der Waals surface area contributed by atoms with Crippen LogP contribution in [0.4, 0.5) is 0 Å². The van der Waals surface area contributed by atoms with E-state index < -0.39 is 73.8 Å². The fourth-order valence-corrected chi connectivity index (χ4v) is 32.4. The molecule has 0 aliphatic heterocycles. The highest BCUT2D eigenvalue weighted by atomic mass is 28.5. The standard InChI is InChI=1S/C52H116O15Si5/c1-12-13-14-15-16-17-18-19-20-21-22-23-24-25-26-27-33-57-34-28-35-58-36-29-37-59-38-30-39-60-40-31-42-72(11,66-70(8,9)64-68(2,3)4)67-71(10,65-69(5,6)7)43-32-41-63-52(48-61-46-50(55)44-53)49-62-47-51(56)45-54/h50-56H,12-49H2,1-11H3. The molecule has 0 aromatic heterocycles. The van der Waals surface area contributed by atoms with Gasteiger partial charge in [0.1, 0.15) is 18.3 Å². The lowest BCUT2D eigenvalue weighted by molar-refractivity contribution is -0.0874.